The van der Waals surface area contributed by atoms with E-state index in [1.807, 2.05) is 29.2 Å². The zero-order chi connectivity index (χ0) is 20.6. The highest BCUT2D eigenvalue weighted by molar-refractivity contribution is 5.96. The Kier molecular flexibility index (Phi) is 5.07. The highest BCUT2D eigenvalue weighted by atomic mass is 16.5. The number of ether oxygens (including phenoxy) is 1. The third-order valence-corrected chi connectivity index (χ3v) is 7.00. The van der Waals surface area contributed by atoms with Gasteiger partial charge in [0.25, 0.3) is 5.91 Å². The normalized spacial score (nSPS) is 20.3. The van der Waals surface area contributed by atoms with Crippen LogP contribution < -0.4 is 5.32 Å². The van der Waals surface area contributed by atoms with E-state index in [1.165, 1.54) is 11.1 Å². The molecule has 0 aromatic heterocycles. The van der Waals surface area contributed by atoms with Crippen molar-refractivity contribution in [3.05, 3.63) is 65.2 Å². The molecule has 5 nitrogen and oxygen atoms in total. The molecule has 2 aromatic rings. The van der Waals surface area contributed by atoms with Gasteiger partial charge in [0, 0.05) is 30.3 Å². The molecule has 5 rings (SSSR count). The van der Waals surface area contributed by atoms with Crippen LogP contribution >= 0.6 is 0 Å². The van der Waals surface area contributed by atoms with Crippen molar-refractivity contribution in [2.75, 3.05) is 18.4 Å². The Morgan fingerprint density at radius 2 is 1.67 bits per heavy atom. The number of anilines is 1. The zero-order valence-electron chi connectivity index (χ0n) is 17.2. The van der Waals surface area contributed by atoms with Crippen LogP contribution in [0.5, 0.6) is 0 Å². The van der Waals surface area contributed by atoms with Gasteiger partial charge in [-0.05, 0) is 61.1 Å². The van der Waals surface area contributed by atoms with Crippen molar-refractivity contribution < 1.29 is 14.3 Å². The van der Waals surface area contributed by atoms with Crippen LogP contribution in [0.25, 0.3) is 0 Å². The van der Waals surface area contributed by atoms with E-state index in [2.05, 4.69) is 29.6 Å². The van der Waals surface area contributed by atoms with Crippen LogP contribution in [-0.2, 0) is 21.7 Å². The summed E-state index contributed by atoms with van der Waals surface area (Å²) in [6.45, 7) is 2.04. The lowest BCUT2D eigenvalue weighted by molar-refractivity contribution is -0.119. The number of hydrogen-bond acceptors (Lipinski definition) is 3. The Bertz CT molecular complexity index is 939. The van der Waals surface area contributed by atoms with Crippen LogP contribution in [0.3, 0.4) is 0 Å². The van der Waals surface area contributed by atoms with E-state index in [0.717, 1.165) is 44.2 Å². The molecular weight excluding hydrogens is 376 g/mol. The topological polar surface area (TPSA) is 58.6 Å². The second-order valence-electron chi connectivity index (χ2n) is 8.78. The van der Waals surface area contributed by atoms with Gasteiger partial charge in [0.1, 0.15) is 0 Å². The Hall–Kier alpha value is -2.66. The molecule has 1 spiro atoms. The maximum Gasteiger partial charge on any atom is 0.253 e. The number of carbonyl (C=O) groups excluding carboxylic acids is 2. The number of carbonyl (C=O) groups is 2. The number of nitrogens with one attached hydrogen (secondary N) is 1. The fourth-order valence-electron chi connectivity index (χ4n) is 5.18. The average Bonchev–Trinajstić information content (AvgIpc) is 3.44. The molecule has 1 saturated heterocycles. The van der Waals surface area contributed by atoms with E-state index in [4.69, 9.17) is 4.74 Å². The van der Waals surface area contributed by atoms with Crippen LogP contribution in [0.15, 0.2) is 48.5 Å². The molecule has 0 bridgehead atoms. The lowest BCUT2D eigenvalue weighted by Gasteiger charge is -2.39. The van der Waals surface area contributed by atoms with Gasteiger partial charge >= 0.3 is 0 Å². The largest absolute Gasteiger partial charge is 0.365 e. The third-order valence-electron chi connectivity index (χ3n) is 7.00. The third kappa shape index (κ3) is 3.52. The minimum atomic E-state index is -0.234. The molecular formula is C25H28N2O3. The van der Waals surface area contributed by atoms with Gasteiger partial charge in [0.15, 0.2) is 0 Å². The maximum atomic E-state index is 13.0. The van der Waals surface area contributed by atoms with Crippen LogP contribution in [0, 0.1) is 5.92 Å². The van der Waals surface area contributed by atoms with Gasteiger partial charge in [0.2, 0.25) is 5.91 Å². The van der Waals surface area contributed by atoms with Crippen molar-refractivity contribution in [2.24, 2.45) is 5.92 Å². The first-order chi connectivity index (χ1) is 14.6. The zero-order valence-corrected chi connectivity index (χ0v) is 17.2. The van der Waals surface area contributed by atoms with Crippen molar-refractivity contribution in [3.63, 3.8) is 0 Å². The molecule has 2 heterocycles. The summed E-state index contributed by atoms with van der Waals surface area (Å²) >= 11 is 0. The van der Waals surface area contributed by atoms with E-state index in [0.29, 0.717) is 25.3 Å². The first kappa shape index (κ1) is 19.3. The lowest BCUT2D eigenvalue weighted by atomic mass is 9.83. The molecule has 2 amide bonds. The predicted octanol–water partition coefficient (Wildman–Crippen LogP) is 4.48. The molecule has 1 aliphatic carbocycles. The smallest absolute Gasteiger partial charge is 0.253 e. The van der Waals surface area contributed by atoms with Crippen LogP contribution in [0.1, 0.15) is 60.0 Å². The summed E-state index contributed by atoms with van der Waals surface area (Å²) in [5.41, 5.74) is 3.75. The Labute approximate surface area is 177 Å². The van der Waals surface area contributed by atoms with Gasteiger partial charge in [-0.3, -0.25) is 9.59 Å². The summed E-state index contributed by atoms with van der Waals surface area (Å²) in [7, 11) is 0. The van der Waals surface area contributed by atoms with Crippen molar-refractivity contribution >= 4 is 17.5 Å². The number of fused-ring (bicyclic) bond motifs is 2. The van der Waals surface area contributed by atoms with Gasteiger partial charge < -0.3 is 15.0 Å². The number of hydrogen-bond donors (Lipinski definition) is 1. The van der Waals surface area contributed by atoms with E-state index < -0.39 is 0 Å². The standard InChI is InChI=1S/C25H28N2O3/c28-23(18-5-1-2-6-18)26-21-11-9-19(10-12-21)24(29)27-15-13-25(14-16-27)22-8-4-3-7-20(22)17-30-25/h3-4,7-12,18H,1-2,5-6,13-17H2,(H,26,28). The Morgan fingerprint density at radius 1 is 0.967 bits per heavy atom. The number of likely N-dealkylation sites (tertiary alicyclic amines) is 1. The second kappa shape index (κ2) is 7.88. The fraction of sp³-hybridized carbons (Fsp3) is 0.440. The molecule has 2 fully saturated rings. The van der Waals surface area contributed by atoms with Crippen molar-refractivity contribution in [3.8, 4) is 0 Å². The number of amides is 2. The first-order valence-corrected chi connectivity index (χ1v) is 11.1. The highest BCUT2D eigenvalue weighted by Gasteiger charge is 2.43. The quantitative estimate of drug-likeness (QED) is 0.821. The van der Waals surface area contributed by atoms with Crippen LogP contribution in [0.4, 0.5) is 5.69 Å². The minimum absolute atomic E-state index is 0.0461. The van der Waals surface area contributed by atoms with Gasteiger partial charge in [-0.1, -0.05) is 37.1 Å². The number of piperidine rings is 1. The predicted molar refractivity (Wildman–Crippen MR) is 115 cm³/mol. The van der Waals surface area contributed by atoms with Gasteiger partial charge in [-0.15, -0.1) is 0 Å². The summed E-state index contributed by atoms with van der Waals surface area (Å²) < 4.78 is 6.20. The molecule has 3 aliphatic rings. The van der Waals surface area contributed by atoms with E-state index >= 15 is 0 Å². The van der Waals surface area contributed by atoms with Gasteiger partial charge in [-0.2, -0.15) is 0 Å². The molecule has 2 aromatic carbocycles. The van der Waals surface area contributed by atoms with E-state index in [-0.39, 0.29) is 23.3 Å². The number of rotatable bonds is 3. The number of nitrogens with zero attached hydrogens (tertiary/aromatic N) is 1. The highest BCUT2D eigenvalue weighted by Crippen LogP contribution is 2.44. The second-order valence-corrected chi connectivity index (χ2v) is 8.78. The molecule has 1 saturated carbocycles. The molecule has 2 aliphatic heterocycles. The SMILES string of the molecule is O=C(Nc1ccc(C(=O)N2CCC3(CC2)OCc2ccccc23)cc1)C1CCCC1. The average molecular weight is 405 g/mol. The Balaban J connectivity index is 1.20. The molecule has 30 heavy (non-hydrogen) atoms. The summed E-state index contributed by atoms with van der Waals surface area (Å²) in [6, 6.07) is 15.7. The summed E-state index contributed by atoms with van der Waals surface area (Å²) in [6.07, 6.45) is 5.88. The van der Waals surface area contributed by atoms with Gasteiger partial charge in [0.05, 0.1) is 12.2 Å². The maximum absolute atomic E-state index is 13.0. The monoisotopic (exact) mass is 404 g/mol. The number of benzene rings is 2. The van der Waals surface area contributed by atoms with Crippen molar-refractivity contribution in [1.82, 2.24) is 4.90 Å². The van der Waals surface area contributed by atoms with E-state index in [9.17, 15) is 9.59 Å². The Morgan fingerprint density at radius 3 is 2.40 bits per heavy atom. The minimum Gasteiger partial charge on any atom is -0.365 e. The molecule has 0 unspecified atom stereocenters. The summed E-state index contributed by atoms with van der Waals surface area (Å²) in [4.78, 5) is 27.2. The molecule has 0 radical (unpaired) electrons. The van der Waals surface area contributed by atoms with Crippen molar-refractivity contribution in [2.45, 2.75) is 50.7 Å². The van der Waals surface area contributed by atoms with E-state index in [1.54, 1.807) is 0 Å². The van der Waals surface area contributed by atoms with Crippen LogP contribution in [-0.4, -0.2) is 29.8 Å². The lowest BCUT2D eigenvalue weighted by Crippen LogP contribution is -2.45. The van der Waals surface area contributed by atoms with Crippen molar-refractivity contribution in [1.29, 1.82) is 0 Å². The molecule has 1 N–H and O–H groups in total. The van der Waals surface area contributed by atoms with Gasteiger partial charge in [-0.25, -0.2) is 0 Å². The first-order valence-electron chi connectivity index (χ1n) is 11.1. The molecule has 156 valence electrons. The van der Waals surface area contributed by atoms with Crippen LogP contribution in [0.2, 0.25) is 0 Å². The summed E-state index contributed by atoms with van der Waals surface area (Å²) in [5, 5.41) is 2.99. The summed E-state index contributed by atoms with van der Waals surface area (Å²) in [5.74, 6) is 0.282. The fourth-order valence-corrected chi connectivity index (χ4v) is 5.18. The molecule has 0 atom stereocenters. The molecule has 5 heteroatoms.